The third kappa shape index (κ3) is 3.28. The molecule has 0 saturated heterocycles. The number of rotatable bonds is 4. The maximum absolute atomic E-state index is 6.09. The zero-order valence-electron chi connectivity index (χ0n) is 12.3. The molecule has 0 aliphatic carbocycles. The highest BCUT2D eigenvalue weighted by atomic mass is 35.5. The minimum absolute atomic E-state index is 0.173. The number of benzene rings is 1. The van der Waals surface area contributed by atoms with Gasteiger partial charge in [0.2, 0.25) is 0 Å². The number of imidazole rings is 1. The Morgan fingerprint density at radius 2 is 2.33 bits per heavy atom. The summed E-state index contributed by atoms with van der Waals surface area (Å²) in [5.74, 6) is 0.978. The van der Waals surface area contributed by atoms with Crippen LogP contribution in [0.5, 0.6) is 0 Å². The summed E-state index contributed by atoms with van der Waals surface area (Å²) in [4.78, 5) is 4.47. The fourth-order valence-corrected chi connectivity index (χ4v) is 2.74. The lowest BCUT2D eigenvalue weighted by Gasteiger charge is -2.27. The Morgan fingerprint density at radius 3 is 3.10 bits per heavy atom. The van der Waals surface area contributed by atoms with Gasteiger partial charge < -0.3 is 14.6 Å². The first-order valence-electron chi connectivity index (χ1n) is 7.29. The third-order valence-electron chi connectivity index (χ3n) is 3.65. The highest BCUT2D eigenvalue weighted by Crippen LogP contribution is 2.26. The molecule has 1 aliphatic rings. The van der Waals surface area contributed by atoms with E-state index in [2.05, 4.69) is 34.8 Å². The molecule has 0 fully saturated rings. The lowest BCUT2D eigenvalue weighted by atomic mass is 10.1. The van der Waals surface area contributed by atoms with E-state index in [0.29, 0.717) is 12.6 Å². The molecule has 0 radical (unpaired) electrons. The van der Waals surface area contributed by atoms with Crippen LogP contribution >= 0.6 is 11.6 Å². The van der Waals surface area contributed by atoms with Crippen LogP contribution in [-0.4, -0.2) is 28.2 Å². The van der Waals surface area contributed by atoms with Crippen molar-refractivity contribution >= 4 is 11.6 Å². The molecule has 2 aromatic rings. The quantitative estimate of drug-likeness (QED) is 0.943. The molecule has 2 heterocycles. The Kier molecular flexibility index (Phi) is 4.29. The molecule has 1 aromatic heterocycles. The minimum atomic E-state index is 0.173. The SMILES string of the molecule is CC(C)NCC1Cn2c(-c3cccc(Cl)c3)cnc2CO1. The molecule has 3 rings (SSSR count). The number of hydrogen-bond acceptors (Lipinski definition) is 3. The molecule has 1 unspecified atom stereocenters. The minimum Gasteiger partial charge on any atom is -0.367 e. The topological polar surface area (TPSA) is 39.1 Å². The van der Waals surface area contributed by atoms with Gasteiger partial charge in [-0.25, -0.2) is 4.98 Å². The van der Waals surface area contributed by atoms with Crippen molar-refractivity contribution in [3.05, 3.63) is 41.3 Å². The molecule has 0 spiro atoms. The Balaban J connectivity index is 1.82. The molecular formula is C16H20ClN3O. The van der Waals surface area contributed by atoms with Crippen LogP contribution in [0, 0.1) is 0 Å². The van der Waals surface area contributed by atoms with Crippen molar-refractivity contribution in [2.24, 2.45) is 0 Å². The van der Waals surface area contributed by atoms with Crippen LogP contribution in [0.1, 0.15) is 19.7 Å². The van der Waals surface area contributed by atoms with Crippen molar-refractivity contribution in [2.45, 2.75) is 39.1 Å². The fourth-order valence-electron chi connectivity index (χ4n) is 2.55. The number of hydrogen-bond donors (Lipinski definition) is 1. The van der Waals surface area contributed by atoms with Crippen molar-refractivity contribution in [2.75, 3.05) is 6.54 Å². The van der Waals surface area contributed by atoms with Gasteiger partial charge in [-0.3, -0.25) is 0 Å². The summed E-state index contributed by atoms with van der Waals surface area (Å²) in [5.41, 5.74) is 2.20. The first-order chi connectivity index (χ1) is 10.1. The summed E-state index contributed by atoms with van der Waals surface area (Å²) < 4.78 is 8.09. The predicted octanol–water partition coefficient (Wildman–Crippen LogP) is 3.10. The molecule has 5 heteroatoms. The van der Waals surface area contributed by atoms with Gasteiger partial charge in [0.1, 0.15) is 12.4 Å². The maximum Gasteiger partial charge on any atom is 0.135 e. The molecular weight excluding hydrogens is 286 g/mol. The van der Waals surface area contributed by atoms with E-state index < -0.39 is 0 Å². The van der Waals surface area contributed by atoms with Gasteiger partial charge in [0.15, 0.2) is 0 Å². The van der Waals surface area contributed by atoms with E-state index in [1.54, 1.807) is 0 Å². The molecule has 112 valence electrons. The summed E-state index contributed by atoms with van der Waals surface area (Å²) in [6.45, 7) is 6.51. The molecule has 4 nitrogen and oxygen atoms in total. The standard InChI is InChI=1S/C16H20ClN3O/c1-11(2)18-7-14-9-20-15(8-19-16(20)10-21-14)12-4-3-5-13(17)6-12/h3-6,8,11,14,18H,7,9-10H2,1-2H3. The van der Waals surface area contributed by atoms with Crippen molar-refractivity contribution < 1.29 is 4.74 Å². The number of nitrogens with one attached hydrogen (secondary N) is 1. The van der Waals surface area contributed by atoms with Gasteiger partial charge >= 0.3 is 0 Å². The number of ether oxygens (including phenoxy) is 1. The van der Waals surface area contributed by atoms with Gasteiger partial charge in [-0.2, -0.15) is 0 Å². The van der Waals surface area contributed by atoms with Gasteiger partial charge in [-0.1, -0.05) is 37.6 Å². The van der Waals surface area contributed by atoms with Gasteiger partial charge in [0, 0.05) is 23.2 Å². The van der Waals surface area contributed by atoms with Crippen molar-refractivity contribution in [3.8, 4) is 11.3 Å². The normalized spacial score (nSPS) is 18.0. The molecule has 1 aromatic carbocycles. The van der Waals surface area contributed by atoms with Crippen LogP contribution in [0.4, 0.5) is 0 Å². The molecule has 0 amide bonds. The lowest BCUT2D eigenvalue weighted by molar-refractivity contribution is 0.00248. The average Bonchev–Trinajstić information content (AvgIpc) is 2.88. The number of halogens is 1. The first-order valence-corrected chi connectivity index (χ1v) is 7.66. The van der Waals surface area contributed by atoms with E-state index in [1.807, 2.05) is 24.4 Å². The van der Waals surface area contributed by atoms with Crippen LogP contribution in [0.3, 0.4) is 0 Å². The zero-order chi connectivity index (χ0) is 14.8. The number of nitrogens with zero attached hydrogens (tertiary/aromatic N) is 2. The van der Waals surface area contributed by atoms with E-state index in [4.69, 9.17) is 16.3 Å². The summed E-state index contributed by atoms with van der Waals surface area (Å²) >= 11 is 6.09. The number of fused-ring (bicyclic) bond motifs is 1. The van der Waals surface area contributed by atoms with Crippen molar-refractivity contribution in [1.29, 1.82) is 0 Å². The second-order valence-electron chi connectivity index (χ2n) is 5.68. The van der Waals surface area contributed by atoms with Crippen LogP contribution in [0.15, 0.2) is 30.5 Å². The zero-order valence-corrected chi connectivity index (χ0v) is 13.1. The molecule has 0 saturated carbocycles. The van der Waals surface area contributed by atoms with Gasteiger partial charge in [-0.05, 0) is 12.1 Å². The summed E-state index contributed by atoms with van der Waals surface area (Å²) in [5, 5.41) is 4.17. The summed E-state index contributed by atoms with van der Waals surface area (Å²) in [7, 11) is 0. The van der Waals surface area contributed by atoms with E-state index in [9.17, 15) is 0 Å². The van der Waals surface area contributed by atoms with E-state index >= 15 is 0 Å². The summed E-state index contributed by atoms with van der Waals surface area (Å²) in [6, 6.07) is 8.35. The van der Waals surface area contributed by atoms with Crippen molar-refractivity contribution in [3.63, 3.8) is 0 Å². The van der Waals surface area contributed by atoms with Crippen LogP contribution in [-0.2, 0) is 17.9 Å². The Bertz CT molecular complexity index is 624. The predicted molar refractivity (Wildman–Crippen MR) is 84.4 cm³/mol. The molecule has 1 aliphatic heterocycles. The number of aromatic nitrogens is 2. The average molecular weight is 306 g/mol. The smallest absolute Gasteiger partial charge is 0.135 e. The van der Waals surface area contributed by atoms with Crippen LogP contribution in [0.2, 0.25) is 5.02 Å². The van der Waals surface area contributed by atoms with Crippen LogP contribution < -0.4 is 5.32 Å². The highest BCUT2D eigenvalue weighted by molar-refractivity contribution is 6.30. The fraction of sp³-hybridized carbons (Fsp3) is 0.438. The van der Waals surface area contributed by atoms with Crippen molar-refractivity contribution in [1.82, 2.24) is 14.9 Å². The third-order valence-corrected chi connectivity index (χ3v) is 3.88. The molecule has 0 bridgehead atoms. The molecule has 1 atom stereocenters. The maximum atomic E-state index is 6.09. The second-order valence-corrected chi connectivity index (χ2v) is 6.11. The largest absolute Gasteiger partial charge is 0.367 e. The first kappa shape index (κ1) is 14.6. The molecule has 21 heavy (non-hydrogen) atoms. The lowest BCUT2D eigenvalue weighted by Crippen LogP contribution is -2.38. The van der Waals surface area contributed by atoms with Gasteiger partial charge in [0.25, 0.3) is 0 Å². The Labute approximate surface area is 130 Å². The van der Waals surface area contributed by atoms with Gasteiger partial charge in [-0.15, -0.1) is 0 Å². The second kappa shape index (κ2) is 6.18. The monoisotopic (exact) mass is 305 g/mol. The van der Waals surface area contributed by atoms with E-state index in [0.717, 1.165) is 35.2 Å². The highest BCUT2D eigenvalue weighted by Gasteiger charge is 2.22. The van der Waals surface area contributed by atoms with E-state index in [-0.39, 0.29) is 6.10 Å². The Hall–Kier alpha value is -1.36. The Morgan fingerprint density at radius 1 is 1.48 bits per heavy atom. The molecule has 1 N–H and O–H groups in total. The van der Waals surface area contributed by atoms with Gasteiger partial charge in [0.05, 0.1) is 24.5 Å². The van der Waals surface area contributed by atoms with Crippen LogP contribution in [0.25, 0.3) is 11.3 Å². The van der Waals surface area contributed by atoms with E-state index in [1.165, 1.54) is 0 Å². The summed E-state index contributed by atoms with van der Waals surface area (Å²) in [6.07, 6.45) is 2.08.